The molecule has 0 N–H and O–H groups in total. The van der Waals surface area contributed by atoms with E-state index in [1.165, 1.54) is 41.9 Å². The molecule has 0 aliphatic heterocycles. The summed E-state index contributed by atoms with van der Waals surface area (Å²) in [6.45, 7) is 2.10. The van der Waals surface area contributed by atoms with E-state index >= 15 is 0 Å². The van der Waals surface area contributed by atoms with Crippen LogP contribution in [0.1, 0.15) is 53.3 Å². The molecule has 1 nitrogen and oxygen atoms in total. The molecule has 5 rings (SSSR count). The minimum atomic E-state index is 0.795. The molecule has 1 heterocycles. The Labute approximate surface area is 113 Å². The Balaban J connectivity index is 1.70. The van der Waals surface area contributed by atoms with Gasteiger partial charge in [0.25, 0.3) is 0 Å². The van der Waals surface area contributed by atoms with E-state index in [1.54, 1.807) is 0 Å². The maximum atomic E-state index is 9.14. The molecule has 2 heteroatoms. The monoisotopic (exact) mass is 257 g/mol. The molecule has 0 aromatic carbocycles. The van der Waals surface area contributed by atoms with Crippen molar-refractivity contribution in [2.75, 3.05) is 0 Å². The lowest BCUT2D eigenvalue weighted by Crippen LogP contribution is -2.43. The first-order valence-electron chi connectivity index (χ1n) is 7.25. The SMILES string of the molecule is Cc1sc(C2C3CC4CC(C3)CC2C4)cc1C#N. The van der Waals surface area contributed by atoms with E-state index in [4.69, 9.17) is 5.26 Å². The molecule has 4 fully saturated rings. The van der Waals surface area contributed by atoms with E-state index in [0.717, 1.165) is 35.2 Å². The van der Waals surface area contributed by atoms with Gasteiger partial charge in [0.15, 0.2) is 0 Å². The van der Waals surface area contributed by atoms with Crippen molar-refractivity contribution in [2.24, 2.45) is 23.7 Å². The van der Waals surface area contributed by atoms with Crippen LogP contribution in [0.4, 0.5) is 0 Å². The normalized spacial score (nSPS) is 41.0. The van der Waals surface area contributed by atoms with Crippen LogP contribution in [0.5, 0.6) is 0 Å². The van der Waals surface area contributed by atoms with Crippen molar-refractivity contribution in [1.29, 1.82) is 5.26 Å². The third-order valence-electron chi connectivity index (χ3n) is 5.61. The standard InChI is InChI=1S/C16H19NS/c1-9-14(8-17)7-15(18-9)16-12-3-10-2-11(5-12)6-13(16)4-10/h7,10-13,16H,2-6H2,1H3. The number of nitriles is 1. The summed E-state index contributed by atoms with van der Waals surface area (Å²) in [6.07, 6.45) is 7.40. The minimum absolute atomic E-state index is 0.795. The van der Waals surface area contributed by atoms with E-state index in [1.807, 2.05) is 11.3 Å². The number of rotatable bonds is 1. The average Bonchev–Trinajstić information content (AvgIpc) is 2.69. The number of hydrogen-bond donors (Lipinski definition) is 0. The second-order valence-corrected chi connectivity index (χ2v) is 7.97. The summed E-state index contributed by atoms with van der Waals surface area (Å²) in [4.78, 5) is 2.75. The third kappa shape index (κ3) is 1.50. The highest BCUT2D eigenvalue weighted by Gasteiger charge is 2.49. The van der Waals surface area contributed by atoms with Gasteiger partial charge in [-0.15, -0.1) is 11.3 Å². The molecular formula is C16H19NS. The van der Waals surface area contributed by atoms with E-state index in [0.29, 0.717) is 0 Å². The van der Waals surface area contributed by atoms with Crippen molar-refractivity contribution in [2.45, 2.75) is 44.9 Å². The molecule has 0 saturated heterocycles. The fourth-order valence-corrected chi connectivity index (χ4v) is 6.44. The summed E-state index contributed by atoms with van der Waals surface area (Å²) in [7, 11) is 0. The van der Waals surface area contributed by atoms with Crippen LogP contribution in [0.25, 0.3) is 0 Å². The number of thiophene rings is 1. The maximum absolute atomic E-state index is 9.14. The van der Waals surface area contributed by atoms with E-state index in [9.17, 15) is 0 Å². The van der Waals surface area contributed by atoms with Gasteiger partial charge in [-0.05, 0) is 74.7 Å². The van der Waals surface area contributed by atoms with Gasteiger partial charge in [-0.2, -0.15) is 5.26 Å². The summed E-state index contributed by atoms with van der Waals surface area (Å²) in [5.41, 5.74) is 0.920. The van der Waals surface area contributed by atoms with Gasteiger partial charge in [0.05, 0.1) is 5.56 Å². The first kappa shape index (κ1) is 11.1. The third-order valence-corrected chi connectivity index (χ3v) is 6.76. The molecule has 0 radical (unpaired) electrons. The lowest BCUT2D eigenvalue weighted by molar-refractivity contribution is -0.00161. The molecule has 4 saturated carbocycles. The van der Waals surface area contributed by atoms with E-state index in [-0.39, 0.29) is 0 Å². The van der Waals surface area contributed by atoms with Gasteiger partial charge in [0, 0.05) is 9.75 Å². The van der Waals surface area contributed by atoms with Gasteiger partial charge in [0.1, 0.15) is 6.07 Å². The maximum Gasteiger partial charge on any atom is 0.100 e. The predicted molar refractivity (Wildman–Crippen MR) is 73.6 cm³/mol. The first-order valence-corrected chi connectivity index (χ1v) is 8.06. The first-order chi connectivity index (χ1) is 8.74. The Morgan fingerprint density at radius 2 is 1.72 bits per heavy atom. The van der Waals surface area contributed by atoms with Crippen LogP contribution in [-0.2, 0) is 0 Å². The highest BCUT2D eigenvalue weighted by atomic mass is 32.1. The molecule has 1 aromatic rings. The van der Waals surface area contributed by atoms with Crippen LogP contribution in [0, 0.1) is 41.9 Å². The van der Waals surface area contributed by atoms with E-state index in [2.05, 4.69) is 19.1 Å². The lowest BCUT2D eigenvalue weighted by atomic mass is 9.51. The highest BCUT2D eigenvalue weighted by Crippen LogP contribution is 2.60. The van der Waals surface area contributed by atoms with Gasteiger partial charge in [-0.25, -0.2) is 0 Å². The molecule has 0 amide bonds. The van der Waals surface area contributed by atoms with Crippen LogP contribution in [0.15, 0.2) is 6.07 Å². The molecule has 94 valence electrons. The summed E-state index contributed by atoms with van der Waals surface area (Å²) < 4.78 is 0. The quantitative estimate of drug-likeness (QED) is 0.728. The minimum Gasteiger partial charge on any atom is -0.192 e. The van der Waals surface area contributed by atoms with Crippen molar-refractivity contribution < 1.29 is 0 Å². The van der Waals surface area contributed by atoms with Crippen LogP contribution < -0.4 is 0 Å². The molecule has 4 bridgehead atoms. The largest absolute Gasteiger partial charge is 0.192 e. The highest BCUT2D eigenvalue weighted by molar-refractivity contribution is 7.12. The lowest BCUT2D eigenvalue weighted by Gasteiger charge is -2.54. The molecule has 1 aromatic heterocycles. The number of aryl methyl sites for hydroxylation is 1. The molecule has 18 heavy (non-hydrogen) atoms. The Bertz CT molecular complexity index is 494. The fourth-order valence-electron chi connectivity index (χ4n) is 5.17. The zero-order valence-corrected chi connectivity index (χ0v) is 11.7. The van der Waals surface area contributed by atoms with Crippen molar-refractivity contribution in [1.82, 2.24) is 0 Å². The fraction of sp³-hybridized carbons (Fsp3) is 0.688. The molecule has 0 spiro atoms. The van der Waals surface area contributed by atoms with Gasteiger partial charge >= 0.3 is 0 Å². The van der Waals surface area contributed by atoms with Crippen LogP contribution in [0.3, 0.4) is 0 Å². The van der Waals surface area contributed by atoms with Gasteiger partial charge in [-0.3, -0.25) is 0 Å². The second kappa shape index (κ2) is 3.84. The molecule has 0 unspecified atom stereocenters. The zero-order chi connectivity index (χ0) is 12.3. The Morgan fingerprint density at radius 3 is 2.22 bits per heavy atom. The number of nitrogens with zero attached hydrogens (tertiary/aromatic N) is 1. The average molecular weight is 257 g/mol. The van der Waals surface area contributed by atoms with Crippen molar-refractivity contribution in [3.63, 3.8) is 0 Å². The van der Waals surface area contributed by atoms with Crippen LogP contribution in [0.2, 0.25) is 0 Å². The molecule has 4 aliphatic carbocycles. The van der Waals surface area contributed by atoms with Crippen molar-refractivity contribution in [3.05, 3.63) is 21.4 Å². The topological polar surface area (TPSA) is 23.8 Å². The molecule has 0 atom stereocenters. The van der Waals surface area contributed by atoms with Gasteiger partial charge in [-0.1, -0.05) is 0 Å². The van der Waals surface area contributed by atoms with Gasteiger partial charge in [0.2, 0.25) is 0 Å². The zero-order valence-electron chi connectivity index (χ0n) is 10.9. The van der Waals surface area contributed by atoms with Crippen LogP contribution >= 0.6 is 11.3 Å². The van der Waals surface area contributed by atoms with Crippen molar-refractivity contribution >= 4 is 11.3 Å². The number of hydrogen-bond acceptors (Lipinski definition) is 2. The smallest absolute Gasteiger partial charge is 0.100 e. The summed E-state index contributed by atoms with van der Waals surface area (Å²) in [5.74, 6) is 4.75. The van der Waals surface area contributed by atoms with E-state index < -0.39 is 0 Å². The summed E-state index contributed by atoms with van der Waals surface area (Å²) in [5, 5.41) is 9.14. The van der Waals surface area contributed by atoms with Gasteiger partial charge < -0.3 is 0 Å². The Hall–Kier alpha value is -0.810. The molecule has 4 aliphatic rings. The Morgan fingerprint density at radius 1 is 1.11 bits per heavy atom. The van der Waals surface area contributed by atoms with Crippen molar-refractivity contribution in [3.8, 4) is 6.07 Å². The van der Waals surface area contributed by atoms with Crippen LogP contribution in [-0.4, -0.2) is 0 Å². The second-order valence-electron chi connectivity index (χ2n) is 6.69. The summed E-state index contributed by atoms with van der Waals surface area (Å²) in [6, 6.07) is 4.55. The summed E-state index contributed by atoms with van der Waals surface area (Å²) >= 11 is 1.90. The predicted octanol–water partition coefficient (Wildman–Crippen LogP) is 4.47. The Kier molecular flexibility index (Phi) is 2.36. The molecular weight excluding hydrogens is 238 g/mol.